The van der Waals surface area contributed by atoms with Crippen molar-refractivity contribution in [1.29, 1.82) is 0 Å². The van der Waals surface area contributed by atoms with E-state index in [0.717, 1.165) is 22.1 Å². The number of hydrogen-bond donors (Lipinski definition) is 1. The highest BCUT2D eigenvalue weighted by Gasteiger charge is 2.15. The molecule has 1 amide bonds. The van der Waals surface area contributed by atoms with Gasteiger partial charge in [0.25, 0.3) is 5.56 Å². The molecule has 4 aromatic rings. The number of aryl methyl sites for hydroxylation is 2. The highest BCUT2D eigenvalue weighted by Crippen LogP contribution is 2.30. The molecule has 0 aliphatic rings. The molecule has 0 unspecified atom stereocenters. The SMILES string of the molecule is C=Cc1oc2ccc(NC(=O)Cc3nn(C)c(=O)c4cc(C)ccc34)cc2c1/C=C\C. The average Bonchev–Trinajstić information content (AvgIpc) is 3.09. The minimum absolute atomic E-state index is 0.0523. The van der Waals surface area contributed by atoms with Crippen LogP contribution in [0.5, 0.6) is 0 Å². The summed E-state index contributed by atoms with van der Waals surface area (Å²) >= 11 is 0. The third kappa shape index (κ3) is 3.80. The van der Waals surface area contributed by atoms with Crippen LogP contribution in [0.25, 0.3) is 33.9 Å². The topological polar surface area (TPSA) is 77.1 Å². The molecule has 0 radical (unpaired) electrons. The van der Waals surface area contributed by atoms with Gasteiger partial charge in [-0.25, -0.2) is 4.68 Å². The van der Waals surface area contributed by atoms with Crippen LogP contribution >= 0.6 is 0 Å². The maximum absolute atomic E-state index is 12.8. The van der Waals surface area contributed by atoms with E-state index in [1.165, 1.54) is 4.68 Å². The van der Waals surface area contributed by atoms with Crippen LogP contribution in [0, 0.1) is 6.92 Å². The number of rotatable bonds is 5. The predicted octanol–water partition coefficient (Wildman–Crippen LogP) is 4.85. The summed E-state index contributed by atoms with van der Waals surface area (Å²) in [7, 11) is 1.60. The van der Waals surface area contributed by atoms with Crippen molar-refractivity contribution in [3.05, 3.63) is 82.0 Å². The Balaban J connectivity index is 1.66. The number of nitrogens with zero attached hydrogens (tertiary/aromatic N) is 2. The van der Waals surface area contributed by atoms with Crippen molar-refractivity contribution in [2.75, 3.05) is 5.32 Å². The number of benzene rings is 2. The van der Waals surface area contributed by atoms with Gasteiger partial charge in [0, 0.05) is 29.1 Å². The van der Waals surface area contributed by atoms with Crippen LogP contribution < -0.4 is 10.9 Å². The van der Waals surface area contributed by atoms with Crippen molar-refractivity contribution in [3.63, 3.8) is 0 Å². The number of allylic oxidation sites excluding steroid dienone is 1. The highest BCUT2D eigenvalue weighted by atomic mass is 16.3. The molecular weight excluding hydrogens is 390 g/mol. The summed E-state index contributed by atoms with van der Waals surface area (Å²) in [6.07, 6.45) is 5.61. The van der Waals surface area contributed by atoms with Gasteiger partial charge in [0.1, 0.15) is 11.3 Å². The lowest BCUT2D eigenvalue weighted by Gasteiger charge is -2.09. The first-order valence-corrected chi connectivity index (χ1v) is 9.99. The van der Waals surface area contributed by atoms with Gasteiger partial charge in [-0.1, -0.05) is 36.4 Å². The third-order valence-electron chi connectivity index (χ3n) is 5.17. The minimum Gasteiger partial charge on any atom is -0.456 e. The van der Waals surface area contributed by atoms with Crippen molar-refractivity contribution in [2.45, 2.75) is 20.3 Å². The lowest BCUT2D eigenvalue weighted by molar-refractivity contribution is -0.115. The fraction of sp³-hybridized carbons (Fsp3) is 0.160. The summed E-state index contributed by atoms with van der Waals surface area (Å²) in [6, 6.07) is 11.1. The van der Waals surface area contributed by atoms with Crippen LogP contribution in [-0.2, 0) is 18.3 Å². The lowest BCUT2D eigenvalue weighted by atomic mass is 10.1. The zero-order valence-electron chi connectivity index (χ0n) is 17.7. The van der Waals surface area contributed by atoms with E-state index in [9.17, 15) is 9.59 Å². The van der Waals surface area contributed by atoms with Crippen molar-refractivity contribution in [3.8, 4) is 0 Å². The van der Waals surface area contributed by atoms with E-state index in [1.54, 1.807) is 19.2 Å². The Morgan fingerprint density at radius 2 is 2.00 bits per heavy atom. The molecule has 0 fully saturated rings. The van der Waals surface area contributed by atoms with Crippen LogP contribution in [0.4, 0.5) is 5.69 Å². The van der Waals surface area contributed by atoms with E-state index < -0.39 is 0 Å². The Bertz CT molecular complexity index is 1420. The number of nitrogens with one attached hydrogen (secondary N) is 1. The number of anilines is 1. The number of carbonyl (C=O) groups is 1. The molecule has 0 saturated carbocycles. The summed E-state index contributed by atoms with van der Waals surface area (Å²) in [5.74, 6) is 0.472. The zero-order valence-corrected chi connectivity index (χ0v) is 17.7. The van der Waals surface area contributed by atoms with E-state index >= 15 is 0 Å². The summed E-state index contributed by atoms with van der Waals surface area (Å²) in [4.78, 5) is 25.2. The van der Waals surface area contributed by atoms with Crippen LogP contribution in [0.15, 0.2) is 58.3 Å². The summed E-state index contributed by atoms with van der Waals surface area (Å²) in [6.45, 7) is 7.66. The maximum atomic E-state index is 12.8. The number of furan rings is 1. The summed E-state index contributed by atoms with van der Waals surface area (Å²) < 4.78 is 7.09. The quantitative estimate of drug-likeness (QED) is 0.508. The molecule has 6 nitrogen and oxygen atoms in total. The van der Waals surface area contributed by atoms with Gasteiger partial charge >= 0.3 is 0 Å². The minimum atomic E-state index is -0.215. The Kier molecular flexibility index (Phi) is 5.29. The largest absolute Gasteiger partial charge is 0.456 e. The van der Waals surface area contributed by atoms with Gasteiger partial charge in [-0.2, -0.15) is 5.10 Å². The first kappa shape index (κ1) is 20.3. The number of hydrogen-bond acceptors (Lipinski definition) is 4. The first-order chi connectivity index (χ1) is 14.9. The average molecular weight is 413 g/mol. The molecule has 31 heavy (non-hydrogen) atoms. The molecule has 0 aliphatic heterocycles. The molecule has 0 atom stereocenters. The molecule has 0 spiro atoms. The smallest absolute Gasteiger partial charge is 0.274 e. The Hall–Kier alpha value is -3.93. The highest BCUT2D eigenvalue weighted by molar-refractivity contribution is 5.99. The molecule has 156 valence electrons. The van der Waals surface area contributed by atoms with Crippen LogP contribution in [0.3, 0.4) is 0 Å². The molecular formula is C25H23N3O3. The van der Waals surface area contributed by atoms with Gasteiger partial charge in [-0.3, -0.25) is 9.59 Å². The lowest BCUT2D eigenvalue weighted by Crippen LogP contribution is -2.24. The van der Waals surface area contributed by atoms with Gasteiger partial charge in [0.05, 0.1) is 17.5 Å². The van der Waals surface area contributed by atoms with Gasteiger partial charge in [0.2, 0.25) is 5.91 Å². The molecule has 0 bridgehead atoms. The molecule has 2 aromatic heterocycles. The summed E-state index contributed by atoms with van der Waals surface area (Å²) in [5, 5.41) is 9.41. The molecule has 0 aliphatic carbocycles. The first-order valence-electron chi connectivity index (χ1n) is 9.99. The van der Waals surface area contributed by atoms with E-state index in [2.05, 4.69) is 17.0 Å². The molecule has 0 saturated heterocycles. The fourth-order valence-electron chi connectivity index (χ4n) is 3.73. The standard InChI is InChI=1S/C25H23N3O3/c1-5-7-18-19-13-16(9-11-23(19)31-22(18)6-2)26-24(29)14-21-17-10-8-15(3)12-20(17)25(30)28(4)27-21/h5-13H,2,14H2,1,3-4H3,(H,26,29)/b7-5-. The van der Waals surface area contributed by atoms with E-state index in [1.807, 2.05) is 56.3 Å². The van der Waals surface area contributed by atoms with Gasteiger partial charge in [0.15, 0.2) is 0 Å². The number of fused-ring (bicyclic) bond motifs is 2. The predicted molar refractivity (Wildman–Crippen MR) is 125 cm³/mol. The van der Waals surface area contributed by atoms with Crippen LogP contribution in [0.2, 0.25) is 0 Å². The van der Waals surface area contributed by atoms with E-state index in [4.69, 9.17) is 4.42 Å². The van der Waals surface area contributed by atoms with Crippen LogP contribution in [-0.4, -0.2) is 15.7 Å². The Labute approximate surface area is 179 Å². The number of amides is 1. The Morgan fingerprint density at radius 1 is 1.19 bits per heavy atom. The van der Waals surface area contributed by atoms with Gasteiger partial charge in [-0.05, 0) is 44.2 Å². The second kappa shape index (κ2) is 8.07. The second-order valence-corrected chi connectivity index (χ2v) is 7.44. The number of aromatic nitrogens is 2. The van der Waals surface area contributed by atoms with Crippen molar-refractivity contribution in [2.24, 2.45) is 7.05 Å². The van der Waals surface area contributed by atoms with E-state index in [0.29, 0.717) is 27.9 Å². The van der Waals surface area contributed by atoms with E-state index in [-0.39, 0.29) is 17.9 Å². The maximum Gasteiger partial charge on any atom is 0.274 e. The number of carbonyl (C=O) groups excluding carboxylic acids is 1. The van der Waals surface area contributed by atoms with Crippen LogP contribution in [0.1, 0.15) is 29.5 Å². The van der Waals surface area contributed by atoms with Gasteiger partial charge < -0.3 is 9.73 Å². The second-order valence-electron chi connectivity index (χ2n) is 7.44. The molecule has 6 heteroatoms. The Morgan fingerprint density at radius 3 is 2.74 bits per heavy atom. The van der Waals surface area contributed by atoms with Crippen molar-refractivity contribution >= 4 is 45.5 Å². The molecule has 2 heterocycles. The molecule has 1 N–H and O–H groups in total. The zero-order chi connectivity index (χ0) is 22.1. The summed E-state index contributed by atoms with van der Waals surface area (Å²) in [5.41, 5.74) is 3.66. The van der Waals surface area contributed by atoms with Crippen molar-refractivity contribution in [1.82, 2.24) is 9.78 Å². The normalized spacial score (nSPS) is 11.5. The molecule has 4 rings (SSSR count). The third-order valence-corrected chi connectivity index (χ3v) is 5.17. The monoisotopic (exact) mass is 413 g/mol. The van der Waals surface area contributed by atoms with Crippen molar-refractivity contribution < 1.29 is 9.21 Å². The fourth-order valence-corrected chi connectivity index (χ4v) is 3.73. The van der Waals surface area contributed by atoms with Gasteiger partial charge in [-0.15, -0.1) is 0 Å². The molecule has 2 aromatic carbocycles.